The van der Waals surface area contributed by atoms with Gasteiger partial charge in [0.05, 0.1) is 11.4 Å². The zero-order valence-corrected chi connectivity index (χ0v) is 14.9. The summed E-state index contributed by atoms with van der Waals surface area (Å²) in [6, 6.07) is 5.49. The Bertz CT molecular complexity index is 769. The largest absolute Gasteiger partial charge is 0.348 e. The molecule has 0 atom stereocenters. The highest BCUT2D eigenvalue weighted by Crippen LogP contribution is 2.24. The number of nitrogens with zero attached hydrogens (tertiary/aromatic N) is 2. The molecule has 1 aromatic heterocycles. The number of hydrogen-bond donors (Lipinski definition) is 1. The number of aromatic nitrogens is 1. The van der Waals surface area contributed by atoms with E-state index in [-0.39, 0.29) is 11.6 Å². The first-order chi connectivity index (χ1) is 11.5. The van der Waals surface area contributed by atoms with Gasteiger partial charge in [0.1, 0.15) is 5.82 Å². The second-order valence-corrected chi connectivity index (χ2v) is 8.49. The third-order valence-corrected chi connectivity index (χ3v) is 6.20. The third kappa shape index (κ3) is 4.75. The molecule has 130 valence electrons. The van der Waals surface area contributed by atoms with Crippen LogP contribution in [0.3, 0.4) is 0 Å². The second kappa shape index (κ2) is 7.58. The fourth-order valence-corrected chi connectivity index (χ4v) is 4.71. The highest BCUT2D eigenvalue weighted by Gasteiger charge is 2.16. The Morgan fingerprint density at radius 1 is 1.21 bits per heavy atom. The van der Waals surface area contributed by atoms with Crippen LogP contribution in [0.4, 0.5) is 9.52 Å². The van der Waals surface area contributed by atoms with Crippen molar-refractivity contribution in [2.24, 2.45) is 0 Å². The monoisotopic (exact) mass is 369 g/mol. The molecule has 1 fully saturated rings. The Morgan fingerprint density at radius 2 is 1.92 bits per heavy atom. The van der Waals surface area contributed by atoms with E-state index in [1.807, 2.05) is 5.38 Å². The van der Waals surface area contributed by atoms with Crippen LogP contribution in [-0.4, -0.2) is 33.0 Å². The van der Waals surface area contributed by atoms with Crippen LogP contribution in [-0.2, 0) is 22.2 Å². The molecule has 1 saturated heterocycles. The van der Waals surface area contributed by atoms with Gasteiger partial charge in [0, 0.05) is 31.4 Å². The van der Waals surface area contributed by atoms with Gasteiger partial charge in [0.2, 0.25) is 10.0 Å². The van der Waals surface area contributed by atoms with Crippen molar-refractivity contribution in [3.63, 3.8) is 0 Å². The molecule has 0 saturated carbocycles. The maximum Gasteiger partial charge on any atom is 0.215 e. The molecule has 3 rings (SSSR count). The van der Waals surface area contributed by atoms with Crippen LogP contribution in [0.2, 0.25) is 0 Å². The first-order valence-electron chi connectivity index (χ1n) is 7.93. The summed E-state index contributed by atoms with van der Waals surface area (Å²) in [4.78, 5) is 6.84. The minimum absolute atomic E-state index is 0.149. The molecule has 0 aliphatic carbocycles. The van der Waals surface area contributed by atoms with Crippen molar-refractivity contribution in [2.75, 3.05) is 24.5 Å². The molecule has 1 aliphatic rings. The summed E-state index contributed by atoms with van der Waals surface area (Å²) in [5, 5.41) is 3.01. The van der Waals surface area contributed by atoms with E-state index >= 15 is 0 Å². The van der Waals surface area contributed by atoms with Crippen LogP contribution in [0.5, 0.6) is 0 Å². The summed E-state index contributed by atoms with van der Waals surface area (Å²) in [5.41, 5.74) is 1.47. The van der Waals surface area contributed by atoms with Crippen molar-refractivity contribution in [1.29, 1.82) is 0 Å². The van der Waals surface area contributed by atoms with Crippen molar-refractivity contribution in [3.05, 3.63) is 46.7 Å². The van der Waals surface area contributed by atoms with Crippen molar-refractivity contribution < 1.29 is 12.8 Å². The zero-order chi connectivity index (χ0) is 17.0. The van der Waals surface area contributed by atoms with Crippen LogP contribution >= 0.6 is 11.3 Å². The molecule has 2 aromatic rings. The van der Waals surface area contributed by atoms with Gasteiger partial charge in [-0.25, -0.2) is 22.5 Å². The van der Waals surface area contributed by atoms with Crippen molar-refractivity contribution in [3.8, 4) is 0 Å². The smallest absolute Gasteiger partial charge is 0.215 e. The van der Waals surface area contributed by atoms with E-state index in [4.69, 9.17) is 0 Å². The molecule has 1 aromatic carbocycles. The highest BCUT2D eigenvalue weighted by atomic mass is 32.2. The maximum absolute atomic E-state index is 12.8. The highest BCUT2D eigenvalue weighted by molar-refractivity contribution is 7.88. The van der Waals surface area contributed by atoms with E-state index < -0.39 is 10.0 Å². The van der Waals surface area contributed by atoms with Gasteiger partial charge in [0.15, 0.2) is 5.13 Å². The number of benzene rings is 1. The Morgan fingerprint density at radius 3 is 2.62 bits per heavy atom. The molecule has 0 amide bonds. The van der Waals surface area contributed by atoms with Crippen molar-refractivity contribution >= 4 is 26.5 Å². The van der Waals surface area contributed by atoms with E-state index in [2.05, 4.69) is 14.6 Å². The van der Waals surface area contributed by atoms with E-state index in [9.17, 15) is 12.8 Å². The molecular weight excluding hydrogens is 349 g/mol. The fraction of sp³-hybridized carbons (Fsp3) is 0.438. The summed E-state index contributed by atoms with van der Waals surface area (Å²) in [7, 11) is -3.43. The standard InChI is InChI=1S/C16H20FN3O2S2/c17-14-5-3-13(4-6-14)12-24(21,22)18-8-7-15-11-23-16(19-15)20-9-1-2-10-20/h3-6,11,18H,1-2,7-10,12H2. The van der Waals surface area contributed by atoms with Crippen LogP contribution in [0.1, 0.15) is 24.1 Å². The van der Waals surface area contributed by atoms with Crippen molar-refractivity contribution in [2.45, 2.75) is 25.0 Å². The van der Waals surface area contributed by atoms with Crippen LogP contribution in [0.15, 0.2) is 29.6 Å². The Hall–Kier alpha value is -1.51. The summed E-state index contributed by atoms with van der Waals surface area (Å²) in [5.74, 6) is -0.523. The topological polar surface area (TPSA) is 62.3 Å². The van der Waals surface area contributed by atoms with Gasteiger partial charge < -0.3 is 4.90 Å². The molecular formula is C16H20FN3O2S2. The minimum atomic E-state index is -3.43. The summed E-state index contributed by atoms with van der Waals surface area (Å²) in [6.45, 7) is 2.42. The van der Waals surface area contributed by atoms with Crippen LogP contribution in [0, 0.1) is 5.82 Å². The van der Waals surface area contributed by atoms with Gasteiger partial charge in [-0.3, -0.25) is 0 Å². The van der Waals surface area contributed by atoms with E-state index in [0.717, 1.165) is 23.9 Å². The second-order valence-electron chi connectivity index (χ2n) is 5.85. The quantitative estimate of drug-likeness (QED) is 0.815. The lowest BCUT2D eigenvalue weighted by Crippen LogP contribution is -2.27. The average molecular weight is 369 g/mol. The lowest BCUT2D eigenvalue weighted by molar-refractivity contribution is 0.580. The first-order valence-corrected chi connectivity index (χ1v) is 10.5. The molecule has 0 radical (unpaired) electrons. The number of thiazole rings is 1. The van der Waals surface area contributed by atoms with E-state index in [1.165, 1.54) is 37.1 Å². The van der Waals surface area contributed by atoms with Crippen molar-refractivity contribution in [1.82, 2.24) is 9.71 Å². The number of hydrogen-bond acceptors (Lipinski definition) is 5. The summed E-state index contributed by atoms with van der Waals surface area (Å²) in [6.07, 6.45) is 2.98. The Kier molecular flexibility index (Phi) is 5.47. The number of halogens is 1. The van der Waals surface area contributed by atoms with Crippen LogP contribution in [0.25, 0.3) is 0 Å². The number of rotatable bonds is 7. The predicted molar refractivity (Wildman–Crippen MR) is 94.3 cm³/mol. The lowest BCUT2D eigenvalue weighted by Gasteiger charge is -2.12. The molecule has 0 spiro atoms. The van der Waals surface area contributed by atoms with Gasteiger partial charge in [-0.15, -0.1) is 11.3 Å². The van der Waals surface area contributed by atoms with Gasteiger partial charge in [0.25, 0.3) is 0 Å². The summed E-state index contributed by atoms with van der Waals surface area (Å²) < 4.78 is 39.5. The molecule has 5 nitrogen and oxygen atoms in total. The van der Waals surface area contributed by atoms with E-state index in [1.54, 1.807) is 11.3 Å². The predicted octanol–water partition coefficient (Wildman–Crippen LogP) is 2.54. The number of nitrogens with one attached hydrogen (secondary N) is 1. The van der Waals surface area contributed by atoms with Gasteiger partial charge in [-0.2, -0.15) is 0 Å². The summed E-state index contributed by atoms with van der Waals surface area (Å²) >= 11 is 1.61. The SMILES string of the molecule is O=S(=O)(Cc1ccc(F)cc1)NCCc1csc(N2CCCC2)n1. The third-order valence-electron chi connectivity index (χ3n) is 3.89. The molecule has 0 unspecified atom stereocenters. The molecule has 2 heterocycles. The normalized spacial score (nSPS) is 15.1. The van der Waals surface area contributed by atoms with Gasteiger partial charge in [-0.1, -0.05) is 12.1 Å². The molecule has 1 aliphatic heterocycles. The average Bonchev–Trinajstić information content (AvgIpc) is 3.20. The Balaban J connectivity index is 1.49. The van der Waals surface area contributed by atoms with E-state index in [0.29, 0.717) is 18.5 Å². The van der Waals surface area contributed by atoms with Gasteiger partial charge >= 0.3 is 0 Å². The molecule has 1 N–H and O–H groups in total. The lowest BCUT2D eigenvalue weighted by atomic mass is 10.2. The van der Waals surface area contributed by atoms with Gasteiger partial charge in [-0.05, 0) is 30.5 Å². The molecule has 24 heavy (non-hydrogen) atoms. The molecule has 8 heteroatoms. The van der Waals surface area contributed by atoms with Crippen LogP contribution < -0.4 is 9.62 Å². The fourth-order valence-electron chi connectivity index (χ4n) is 2.65. The molecule has 0 bridgehead atoms. The zero-order valence-electron chi connectivity index (χ0n) is 13.2. The minimum Gasteiger partial charge on any atom is -0.348 e. The Labute approximate surface area is 145 Å². The number of sulfonamides is 1. The first kappa shape index (κ1) is 17.3. The number of anilines is 1. The maximum atomic E-state index is 12.8.